The van der Waals surface area contributed by atoms with Crippen molar-refractivity contribution in [2.75, 3.05) is 96.7 Å². The van der Waals surface area contributed by atoms with Gasteiger partial charge in [-0.15, -0.1) is 20.4 Å². The SMILES string of the molecule is CCN(CC)c1ccc(C(=N/N=C/c2ccc(OCC(O)CSc3nnc(SCC(O)COc4ccc(/C=N/N=C(c5ccc(N(CC)CC)cc5)c5ccc(N(CC)CC)cc5)c(O)c4)s3)cc2O)c2ccc(N(CC)CC)cc2)cc1. The molecule has 4 N–H and O–H groups in total. The van der Waals surface area contributed by atoms with E-state index in [0.717, 1.165) is 97.4 Å². The molecule has 0 aliphatic heterocycles. The summed E-state index contributed by atoms with van der Waals surface area (Å²) in [4.78, 5) is 9.17. The average Bonchev–Trinajstić information content (AvgIpc) is 4.06. The third-order valence-corrected chi connectivity index (χ3v) is 17.3. The van der Waals surface area contributed by atoms with Crippen molar-refractivity contribution in [3.8, 4) is 23.0 Å². The maximum absolute atomic E-state index is 10.9. The van der Waals surface area contributed by atoms with Crippen LogP contribution < -0.4 is 29.1 Å². The molecule has 7 rings (SSSR count). The maximum Gasteiger partial charge on any atom is 0.175 e. The molecule has 19 heteroatoms. The quantitative estimate of drug-likeness (QED) is 0.0177. The van der Waals surface area contributed by atoms with Crippen LogP contribution >= 0.6 is 34.9 Å². The Balaban J connectivity index is 0.869. The summed E-state index contributed by atoms with van der Waals surface area (Å²) in [5.74, 6) is 1.30. The molecule has 1 aromatic heterocycles. The van der Waals surface area contributed by atoms with E-state index in [1.165, 1.54) is 59.4 Å². The van der Waals surface area contributed by atoms with Crippen molar-refractivity contribution in [1.29, 1.82) is 0 Å². The van der Waals surface area contributed by atoms with Crippen LogP contribution in [-0.4, -0.2) is 144 Å². The first-order valence-electron chi connectivity index (χ1n) is 28.4. The van der Waals surface area contributed by atoms with Crippen LogP contribution in [0.15, 0.2) is 163 Å². The van der Waals surface area contributed by atoms with Gasteiger partial charge in [-0.3, -0.25) is 0 Å². The molecule has 0 aliphatic carbocycles. The molecule has 2 atom stereocenters. The topological polar surface area (TPSA) is 188 Å². The number of phenols is 2. The Hall–Kier alpha value is -7.42. The number of ether oxygens (including phenoxy) is 2. The first-order chi connectivity index (χ1) is 40.4. The lowest BCUT2D eigenvalue weighted by Crippen LogP contribution is -2.22. The Kier molecular flexibility index (Phi) is 24.7. The molecule has 0 spiro atoms. The summed E-state index contributed by atoms with van der Waals surface area (Å²) in [6, 6.07) is 43.1. The van der Waals surface area contributed by atoms with Crippen LogP contribution in [0.2, 0.25) is 0 Å². The normalized spacial score (nSPS) is 12.1. The van der Waals surface area contributed by atoms with Gasteiger partial charge in [0.15, 0.2) is 8.68 Å². The number of benzene rings is 6. The van der Waals surface area contributed by atoms with Crippen LogP contribution in [0.25, 0.3) is 0 Å². The predicted molar refractivity (Wildman–Crippen MR) is 347 cm³/mol. The maximum atomic E-state index is 10.9. The van der Waals surface area contributed by atoms with E-state index in [1.807, 2.05) is 0 Å². The van der Waals surface area contributed by atoms with Crippen LogP contribution in [0.1, 0.15) is 88.8 Å². The Morgan fingerprint density at radius 1 is 0.458 bits per heavy atom. The molecule has 0 amide bonds. The summed E-state index contributed by atoms with van der Waals surface area (Å²) < 4.78 is 13.0. The number of aliphatic hydroxyl groups excluding tert-OH is 2. The molecular formula is C64H78N10O6S3. The number of anilines is 4. The fourth-order valence-electron chi connectivity index (χ4n) is 9.11. The third kappa shape index (κ3) is 18.0. The average molecular weight is 1180 g/mol. The summed E-state index contributed by atoms with van der Waals surface area (Å²) in [5, 5.41) is 70.1. The zero-order chi connectivity index (χ0) is 59.1. The molecule has 7 aromatic rings. The van der Waals surface area contributed by atoms with Gasteiger partial charge in [0, 0.05) is 132 Å². The summed E-state index contributed by atoms with van der Waals surface area (Å²) in [6.07, 6.45) is 1.36. The molecular weight excluding hydrogens is 1100 g/mol. The number of nitrogens with zero attached hydrogens (tertiary/aromatic N) is 10. The van der Waals surface area contributed by atoms with Gasteiger partial charge in [-0.1, -0.05) is 83.4 Å². The molecule has 438 valence electrons. The lowest BCUT2D eigenvalue weighted by molar-refractivity contribution is 0.126. The number of aliphatic hydroxyl groups is 2. The number of aromatic hydroxyl groups is 2. The van der Waals surface area contributed by atoms with Crippen molar-refractivity contribution in [2.45, 2.75) is 76.3 Å². The van der Waals surface area contributed by atoms with Crippen LogP contribution in [0.5, 0.6) is 23.0 Å². The smallest absolute Gasteiger partial charge is 0.175 e. The number of hydrogen-bond donors (Lipinski definition) is 4. The standard InChI is InChI=1S/C64H78N10O6S3/c1-9-71(10-2)51-27-17-45(18-28-51)61(46-19-29-52(30-20-46)72(11-3)12-4)67-65-39-49-25-35-57(37-59(49)77)79-41-55(75)43-81-63-69-70-64(83-63)82-44-56(76)42-80-58-36-26-50(60(78)38-58)40-66-68-62(47-21-31-53(32-22-47)73(13-5)14-6)48-23-33-54(34-24-48)74(15-7)16-8/h17-40,55-56,75-78H,9-16,41-44H2,1-8H3/b65-39+,66-40+. The largest absolute Gasteiger partial charge is 0.507 e. The third-order valence-electron chi connectivity index (χ3n) is 13.9. The highest BCUT2D eigenvalue weighted by molar-refractivity contribution is 8.03. The number of hydrogen-bond acceptors (Lipinski definition) is 19. The zero-order valence-corrected chi connectivity index (χ0v) is 51.2. The van der Waals surface area contributed by atoms with Crippen molar-refractivity contribution in [3.05, 3.63) is 167 Å². The van der Waals surface area contributed by atoms with E-state index in [-0.39, 0.29) is 24.7 Å². The van der Waals surface area contributed by atoms with Gasteiger partial charge >= 0.3 is 0 Å². The minimum atomic E-state index is -0.836. The van der Waals surface area contributed by atoms with Gasteiger partial charge in [-0.05, 0) is 128 Å². The van der Waals surface area contributed by atoms with Gasteiger partial charge in [-0.25, -0.2) is 0 Å². The highest BCUT2D eigenvalue weighted by Gasteiger charge is 2.17. The monoisotopic (exact) mass is 1180 g/mol. The van der Waals surface area contributed by atoms with Crippen molar-refractivity contribution in [2.24, 2.45) is 20.4 Å². The highest BCUT2D eigenvalue weighted by atomic mass is 32.2. The second-order valence-electron chi connectivity index (χ2n) is 19.1. The first kappa shape index (κ1) is 63.2. The number of phenolic OH excluding ortho intramolecular Hbond substituents is 2. The van der Waals surface area contributed by atoms with E-state index in [9.17, 15) is 20.4 Å². The lowest BCUT2D eigenvalue weighted by atomic mass is 10.0. The van der Waals surface area contributed by atoms with Gasteiger partial charge < -0.3 is 49.5 Å². The van der Waals surface area contributed by atoms with Crippen LogP contribution in [0, 0.1) is 0 Å². The molecule has 0 fully saturated rings. The second kappa shape index (κ2) is 32.4. The van der Waals surface area contributed by atoms with Crippen LogP contribution in [0.4, 0.5) is 22.7 Å². The van der Waals surface area contributed by atoms with Crippen molar-refractivity contribution in [1.82, 2.24) is 10.2 Å². The van der Waals surface area contributed by atoms with Gasteiger partial charge in [0.25, 0.3) is 0 Å². The van der Waals surface area contributed by atoms with E-state index < -0.39 is 12.2 Å². The van der Waals surface area contributed by atoms with Crippen molar-refractivity contribution < 1.29 is 29.9 Å². The molecule has 2 unspecified atom stereocenters. The van der Waals surface area contributed by atoms with Crippen LogP contribution in [-0.2, 0) is 0 Å². The van der Waals surface area contributed by atoms with E-state index >= 15 is 0 Å². The second-order valence-corrected chi connectivity index (χ2v) is 22.6. The number of thioether (sulfide) groups is 2. The van der Waals surface area contributed by atoms with Crippen molar-refractivity contribution >= 4 is 81.5 Å². The molecule has 6 aromatic carbocycles. The Morgan fingerprint density at radius 2 is 0.747 bits per heavy atom. The minimum Gasteiger partial charge on any atom is -0.507 e. The molecule has 16 nitrogen and oxygen atoms in total. The summed E-state index contributed by atoms with van der Waals surface area (Å²) in [7, 11) is 0. The van der Waals surface area contributed by atoms with E-state index in [2.05, 4.69) is 203 Å². The molecule has 0 saturated carbocycles. The van der Waals surface area contributed by atoms with Gasteiger partial charge in [0.2, 0.25) is 0 Å². The number of aromatic nitrogens is 2. The predicted octanol–water partition coefficient (Wildman–Crippen LogP) is 12.1. The zero-order valence-electron chi connectivity index (χ0n) is 48.8. The summed E-state index contributed by atoms with van der Waals surface area (Å²) in [5.41, 5.74) is 10.6. The van der Waals surface area contributed by atoms with Gasteiger partial charge in [-0.2, -0.15) is 10.2 Å². The first-order valence-corrected chi connectivity index (χ1v) is 31.2. The fraction of sp³-hybridized carbons (Fsp3) is 0.344. The molecule has 0 radical (unpaired) electrons. The van der Waals surface area contributed by atoms with E-state index in [1.54, 1.807) is 24.3 Å². The van der Waals surface area contributed by atoms with E-state index in [0.29, 0.717) is 54.2 Å². The molecule has 0 aliphatic rings. The molecule has 83 heavy (non-hydrogen) atoms. The molecule has 0 saturated heterocycles. The Morgan fingerprint density at radius 3 is 1.01 bits per heavy atom. The van der Waals surface area contributed by atoms with Gasteiger partial charge in [0.05, 0.1) is 24.6 Å². The summed E-state index contributed by atoms with van der Waals surface area (Å²) in [6.45, 7) is 24.4. The van der Waals surface area contributed by atoms with E-state index in [4.69, 9.17) is 9.47 Å². The highest BCUT2D eigenvalue weighted by Crippen LogP contribution is 2.31. The van der Waals surface area contributed by atoms with Crippen LogP contribution in [0.3, 0.4) is 0 Å². The number of rotatable bonds is 32. The Labute approximate surface area is 502 Å². The van der Waals surface area contributed by atoms with Gasteiger partial charge in [0.1, 0.15) is 47.6 Å². The Bertz CT molecular complexity index is 2890. The fourth-order valence-corrected chi connectivity index (χ4v) is 12.0. The molecule has 1 heterocycles. The van der Waals surface area contributed by atoms with Crippen molar-refractivity contribution in [3.63, 3.8) is 0 Å². The molecule has 0 bridgehead atoms. The lowest BCUT2D eigenvalue weighted by Gasteiger charge is -2.22. The summed E-state index contributed by atoms with van der Waals surface area (Å²) >= 11 is 4.05. The minimum absolute atomic E-state index is 0.00988.